The van der Waals surface area contributed by atoms with E-state index >= 15 is 0 Å². The standard InChI is InChI=1S/C21H24N2O7/c1-6-28-21(25)17-11(2)30-19(23)14(10-22)18(17)13-7-8-15(16(9-13)26-4)29-12(3)20(24)27-5/h7-9,12,18H,6,23H2,1-5H3. The quantitative estimate of drug-likeness (QED) is 0.665. The Morgan fingerprint density at radius 2 is 2.00 bits per heavy atom. The van der Waals surface area contributed by atoms with Crippen LogP contribution in [-0.4, -0.2) is 38.9 Å². The molecule has 2 rings (SSSR count). The summed E-state index contributed by atoms with van der Waals surface area (Å²) in [6.45, 7) is 4.96. The monoisotopic (exact) mass is 416 g/mol. The zero-order chi connectivity index (χ0) is 22.4. The van der Waals surface area contributed by atoms with E-state index in [9.17, 15) is 14.9 Å². The number of esters is 2. The average molecular weight is 416 g/mol. The molecule has 0 saturated heterocycles. The van der Waals surface area contributed by atoms with Crippen molar-refractivity contribution in [3.8, 4) is 17.6 Å². The van der Waals surface area contributed by atoms with Gasteiger partial charge in [0, 0.05) is 0 Å². The molecule has 1 heterocycles. The highest BCUT2D eigenvalue weighted by molar-refractivity contribution is 5.92. The number of benzene rings is 1. The fourth-order valence-electron chi connectivity index (χ4n) is 3.05. The second-order valence-corrected chi connectivity index (χ2v) is 6.31. The Morgan fingerprint density at radius 3 is 2.57 bits per heavy atom. The Hall–Kier alpha value is -3.67. The maximum absolute atomic E-state index is 12.6. The first-order valence-corrected chi connectivity index (χ1v) is 9.16. The van der Waals surface area contributed by atoms with Crippen molar-refractivity contribution in [3.63, 3.8) is 0 Å². The molecule has 9 nitrogen and oxygen atoms in total. The van der Waals surface area contributed by atoms with E-state index in [4.69, 9.17) is 24.7 Å². The van der Waals surface area contributed by atoms with Crippen molar-refractivity contribution in [1.82, 2.24) is 0 Å². The summed E-state index contributed by atoms with van der Waals surface area (Å²) >= 11 is 0. The van der Waals surface area contributed by atoms with Crippen LogP contribution in [0.15, 0.2) is 41.0 Å². The van der Waals surface area contributed by atoms with Crippen LogP contribution in [0.5, 0.6) is 11.5 Å². The van der Waals surface area contributed by atoms with E-state index in [-0.39, 0.29) is 29.4 Å². The zero-order valence-corrected chi connectivity index (χ0v) is 17.5. The SMILES string of the molecule is CCOC(=O)C1=C(C)OC(N)=C(C#N)C1c1ccc(OC(C)C(=O)OC)c(OC)c1. The number of hydrogen-bond acceptors (Lipinski definition) is 9. The Labute approximate surface area is 174 Å². The Kier molecular flexibility index (Phi) is 7.31. The van der Waals surface area contributed by atoms with Crippen molar-refractivity contribution in [2.75, 3.05) is 20.8 Å². The van der Waals surface area contributed by atoms with Gasteiger partial charge in [-0.1, -0.05) is 6.07 Å². The molecule has 2 unspecified atom stereocenters. The summed E-state index contributed by atoms with van der Waals surface area (Å²) in [5, 5.41) is 9.65. The fraction of sp³-hybridized carbons (Fsp3) is 0.381. The highest BCUT2D eigenvalue weighted by atomic mass is 16.6. The summed E-state index contributed by atoms with van der Waals surface area (Å²) in [5.41, 5.74) is 6.68. The first kappa shape index (κ1) is 22.6. The predicted molar refractivity (Wildman–Crippen MR) is 105 cm³/mol. The van der Waals surface area contributed by atoms with Gasteiger partial charge in [-0.15, -0.1) is 0 Å². The molecule has 0 amide bonds. The van der Waals surface area contributed by atoms with Crippen molar-refractivity contribution in [3.05, 3.63) is 46.6 Å². The lowest BCUT2D eigenvalue weighted by Gasteiger charge is -2.27. The van der Waals surface area contributed by atoms with Gasteiger partial charge < -0.3 is 29.4 Å². The molecule has 9 heteroatoms. The number of ether oxygens (including phenoxy) is 5. The smallest absolute Gasteiger partial charge is 0.346 e. The van der Waals surface area contributed by atoms with E-state index in [1.807, 2.05) is 6.07 Å². The van der Waals surface area contributed by atoms with Gasteiger partial charge in [-0.3, -0.25) is 0 Å². The molecular formula is C21H24N2O7. The van der Waals surface area contributed by atoms with Gasteiger partial charge >= 0.3 is 11.9 Å². The van der Waals surface area contributed by atoms with Crippen molar-refractivity contribution in [1.29, 1.82) is 5.26 Å². The summed E-state index contributed by atoms with van der Waals surface area (Å²) in [7, 11) is 2.70. The average Bonchev–Trinajstić information content (AvgIpc) is 2.72. The largest absolute Gasteiger partial charge is 0.493 e. The fourth-order valence-corrected chi connectivity index (χ4v) is 3.05. The first-order valence-electron chi connectivity index (χ1n) is 9.16. The lowest BCUT2D eigenvalue weighted by molar-refractivity contribution is -0.148. The van der Waals surface area contributed by atoms with Crippen LogP contribution in [0.1, 0.15) is 32.3 Å². The minimum atomic E-state index is -0.861. The van der Waals surface area contributed by atoms with E-state index < -0.39 is 24.0 Å². The molecule has 0 aromatic heterocycles. The summed E-state index contributed by atoms with van der Waals surface area (Å²) in [6, 6.07) is 6.84. The molecule has 1 aliphatic rings. The number of nitrogens with two attached hydrogens (primary N) is 1. The third-order valence-electron chi connectivity index (χ3n) is 4.46. The number of nitrogens with zero attached hydrogens (tertiary/aromatic N) is 1. The molecule has 2 atom stereocenters. The molecule has 0 aliphatic carbocycles. The van der Waals surface area contributed by atoms with Crippen molar-refractivity contribution >= 4 is 11.9 Å². The minimum absolute atomic E-state index is 0.0716. The predicted octanol–water partition coefficient (Wildman–Crippen LogP) is 2.28. The number of rotatable bonds is 7. The zero-order valence-electron chi connectivity index (χ0n) is 17.5. The van der Waals surface area contributed by atoms with Gasteiger partial charge in [-0.2, -0.15) is 5.26 Å². The molecule has 1 aliphatic heterocycles. The summed E-state index contributed by atoms with van der Waals surface area (Å²) in [4.78, 5) is 24.2. The van der Waals surface area contributed by atoms with Crippen molar-refractivity contribution in [2.24, 2.45) is 5.73 Å². The van der Waals surface area contributed by atoms with Crippen molar-refractivity contribution in [2.45, 2.75) is 32.8 Å². The number of nitriles is 1. The van der Waals surface area contributed by atoms with Gasteiger partial charge in [0.1, 0.15) is 17.4 Å². The van der Waals surface area contributed by atoms with Crippen LogP contribution >= 0.6 is 0 Å². The molecule has 0 spiro atoms. The van der Waals surface area contributed by atoms with Gasteiger partial charge in [-0.05, 0) is 38.5 Å². The van der Waals surface area contributed by atoms with Crippen LogP contribution in [0.2, 0.25) is 0 Å². The van der Waals surface area contributed by atoms with Crippen LogP contribution < -0.4 is 15.2 Å². The molecule has 1 aromatic carbocycles. The Bertz CT molecular complexity index is 943. The number of methoxy groups -OCH3 is 2. The van der Waals surface area contributed by atoms with Gasteiger partial charge in [0.25, 0.3) is 0 Å². The molecule has 2 N–H and O–H groups in total. The number of carbonyl (C=O) groups excluding carboxylic acids is 2. The molecule has 160 valence electrons. The van der Waals surface area contributed by atoms with Gasteiger partial charge in [0.15, 0.2) is 17.6 Å². The van der Waals surface area contributed by atoms with Gasteiger partial charge in [-0.25, -0.2) is 9.59 Å². The molecule has 0 fully saturated rings. The summed E-state index contributed by atoms with van der Waals surface area (Å²) < 4.78 is 26.2. The van der Waals surface area contributed by atoms with E-state index in [1.165, 1.54) is 14.2 Å². The van der Waals surface area contributed by atoms with Crippen molar-refractivity contribution < 1.29 is 33.3 Å². The number of carbonyl (C=O) groups is 2. The maximum atomic E-state index is 12.6. The minimum Gasteiger partial charge on any atom is -0.493 e. The van der Waals surface area contributed by atoms with E-state index in [0.29, 0.717) is 17.1 Å². The Morgan fingerprint density at radius 1 is 1.30 bits per heavy atom. The van der Waals surface area contributed by atoms with E-state index in [0.717, 1.165) is 0 Å². The number of hydrogen-bond donors (Lipinski definition) is 1. The van der Waals surface area contributed by atoms with Gasteiger partial charge in [0.2, 0.25) is 5.88 Å². The number of allylic oxidation sites excluding steroid dienone is 2. The molecular weight excluding hydrogens is 392 g/mol. The highest BCUT2D eigenvalue weighted by Gasteiger charge is 2.36. The van der Waals surface area contributed by atoms with Crippen LogP contribution in [0, 0.1) is 11.3 Å². The van der Waals surface area contributed by atoms with Gasteiger partial charge in [0.05, 0.1) is 32.3 Å². The maximum Gasteiger partial charge on any atom is 0.346 e. The lowest BCUT2D eigenvalue weighted by Crippen LogP contribution is -2.26. The van der Waals surface area contributed by atoms with Crippen LogP contribution in [0.4, 0.5) is 0 Å². The van der Waals surface area contributed by atoms with E-state index in [2.05, 4.69) is 4.74 Å². The topological polar surface area (TPSA) is 130 Å². The summed E-state index contributed by atoms with van der Waals surface area (Å²) in [5.74, 6) is -1.23. The normalized spacial score (nSPS) is 16.9. The lowest BCUT2D eigenvalue weighted by atomic mass is 9.83. The first-order chi connectivity index (χ1) is 14.3. The molecule has 0 bridgehead atoms. The molecule has 0 saturated carbocycles. The van der Waals surface area contributed by atoms with Crippen LogP contribution in [-0.2, 0) is 23.8 Å². The molecule has 30 heavy (non-hydrogen) atoms. The third-order valence-corrected chi connectivity index (χ3v) is 4.46. The van der Waals surface area contributed by atoms with E-state index in [1.54, 1.807) is 39.0 Å². The summed E-state index contributed by atoms with van der Waals surface area (Å²) in [6.07, 6.45) is -0.861. The molecule has 1 aromatic rings. The van der Waals surface area contributed by atoms with Crippen LogP contribution in [0.25, 0.3) is 0 Å². The second kappa shape index (κ2) is 9.69. The highest BCUT2D eigenvalue weighted by Crippen LogP contribution is 2.42. The Balaban J connectivity index is 2.55. The molecule has 0 radical (unpaired) electrons. The second-order valence-electron chi connectivity index (χ2n) is 6.31. The third kappa shape index (κ3) is 4.49. The van der Waals surface area contributed by atoms with Crippen LogP contribution in [0.3, 0.4) is 0 Å².